The molecule has 5 heteroatoms. The molecule has 0 aliphatic carbocycles. The van der Waals surface area contributed by atoms with Gasteiger partial charge in [-0.05, 0) is 36.8 Å². The Morgan fingerprint density at radius 2 is 2.16 bits per heavy atom. The van der Waals surface area contributed by atoms with Crippen LogP contribution >= 0.6 is 0 Å². The highest BCUT2D eigenvalue weighted by Gasteiger charge is 2.03. The maximum Gasteiger partial charge on any atom is 0.226 e. The molecule has 2 rings (SSSR count). The lowest BCUT2D eigenvalue weighted by molar-refractivity contribution is -0.116. The van der Waals surface area contributed by atoms with Gasteiger partial charge in [0.1, 0.15) is 0 Å². The molecule has 0 bridgehead atoms. The van der Waals surface area contributed by atoms with Gasteiger partial charge in [0.05, 0.1) is 17.8 Å². The van der Waals surface area contributed by atoms with Crippen LogP contribution in [0.4, 0.5) is 5.69 Å². The first-order chi connectivity index (χ1) is 9.17. The summed E-state index contributed by atoms with van der Waals surface area (Å²) in [6.45, 7) is 2.51. The van der Waals surface area contributed by atoms with Crippen LogP contribution in [0.5, 0.6) is 0 Å². The molecule has 0 unspecified atom stereocenters. The number of nitrogens with zero attached hydrogens (tertiary/aromatic N) is 3. The van der Waals surface area contributed by atoms with Crippen molar-refractivity contribution in [2.24, 2.45) is 0 Å². The van der Waals surface area contributed by atoms with Crippen LogP contribution in [0.1, 0.15) is 17.5 Å². The van der Waals surface area contributed by atoms with Gasteiger partial charge in [0.2, 0.25) is 5.91 Å². The fraction of sp³-hybridized carbons (Fsp3) is 0.214. The lowest BCUT2D eigenvalue weighted by Gasteiger charge is -2.05. The van der Waals surface area contributed by atoms with E-state index in [0.29, 0.717) is 24.2 Å². The topological polar surface area (TPSA) is 70.7 Å². The van der Waals surface area contributed by atoms with Gasteiger partial charge in [-0.1, -0.05) is 0 Å². The number of benzene rings is 1. The Morgan fingerprint density at radius 3 is 2.74 bits per heavy atom. The number of aryl methyl sites for hydroxylation is 2. The third-order valence-electron chi connectivity index (χ3n) is 2.63. The van der Waals surface area contributed by atoms with E-state index in [4.69, 9.17) is 5.26 Å². The number of hydrogen-bond donors (Lipinski definition) is 1. The zero-order valence-corrected chi connectivity index (χ0v) is 10.6. The Hall–Kier alpha value is -2.61. The molecule has 19 heavy (non-hydrogen) atoms. The Bertz CT molecular complexity index is 607. The van der Waals surface area contributed by atoms with Gasteiger partial charge in [0.15, 0.2) is 0 Å². The van der Waals surface area contributed by atoms with E-state index in [1.54, 1.807) is 35.1 Å². The molecule has 1 aromatic carbocycles. The summed E-state index contributed by atoms with van der Waals surface area (Å²) in [5.41, 5.74) is 2.35. The fourth-order valence-corrected chi connectivity index (χ4v) is 1.66. The first-order valence-electron chi connectivity index (χ1n) is 5.96. The summed E-state index contributed by atoms with van der Waals surface area (Å²) >= 11 is 0. The summed E-state index contributed by atoms with van der Waals surface area (Å²) in [4.78, 5) is 11.7. The van der Waals surface area contributed by atoms with Crippen molar-refractivity contribution in [2.45, 2.75) is 19.9 Å². The van der Waals surface area contributed by atoms with E-state index >= 15 is 0 Å². The molecule has 2 aromatic rings. The van der Waals surface area contributed by atoms with Crippen molar-refractivity contribution in [1.29, 1.82) is 5.26 Å². The zero-order valence-electron chi connectivity index (χ0n) is 10.6. The second kappa shape index (κ2) is 5.83. The minimum atomic E-state index is -0.0714. The molecule has 0 spiro atoms. The molecule has 0 aliphatic heterocycles. The second-order valence-corrected chi connectivity index (χ2v) is 4.27. The van der Waals surface area contributed by atoms with Crippen molar-refractivity contribution in [3.63, 3.8) is 0 Å². The number of rotatable bonds is 4. The molecule has 5 nitrogen and oxygen atoms in total. The van der Waals surface area contributed by atoms with Crippen molar-refractivity contribution in [1.82, 2.24) is 9.78 Å². The summed E-state index contributed by atoms with van der Waals surface area (Å²) < 4.78 is 1.74. The van der Waals surface area contributed by atoms with E-state index in [1.807, 2.05) is 19.2 Å². The summed E-state index contributed by atoms with van der Waals surface area (Å²) in [6.07, 6.45) is 4.02. The molecule has 1 heterocycles. The van der Waals surface area contributed by atoms with Crippen LogP contribution in [0, 0.1) is 18.3 Å². The summed E-state index contributed by atoms with van der Waals surface area (Å²) in [5.74, 6) is -0.0714. The monoisotopic (exact) mass is 254 g/mol. The number of aromatic nitrogens is 2. The van der Waals surface area contributed by atoms with Gasteiger partial charge in [0.25, 0.3) is 0 Å². The number of amides is 1. The van der Waals surface area contributed by atoms with Crippen molar-refractivity contribution in [3.8, 4) is 6.07 Å². The molecule has 1 amide bonds. The maximum absolute atomic E-state index is 11.7. The first kappa shape index (κ1) is 12.8. The van der Waals surface area contributed by atoms with Gasteiger partial charge in [-0.3, -0.25) is 9.48 Å². The lowest BCUT2D eigenvalue weighted by Crippen LogP contribution is -2.14. The summed E-state index contributed by atoms with van der Waals surface area (Å²) in [6, 6.07) is 8.81. The predicted molar refractivity (Wildman–Crippen MR) is 71.4 cm³/mol. The molecule has 0 aliphatic rings. The van der Waals surface area contributed by atoms with Crippen LogP contribution in [0.2, 0.25) is 0 Å². The largest absolute Gasteiger partial charge is 0.326 e. The Kier molecular flexibility index (Phi) is 3.94. The fourth-order valence-electron chi connectivity index (χ4n) is 1.66. The van der Waals surface area contributed by atoms with Crippen LogP contribution in [0.25, 0.3) is 0 Å². The van der Waals surface area contributed by atoms with Crippen molar-refractivity contribution in [2.75, 3.05) is 5.32 Å². The number of carbonyl (C=O) groups is 1. The predicted octanol–water partition coefficient (Wildman–Crippen LogP) is 2.09. The molecular formula is C14H14N4O. The Balaban J connectivity index is 1.85. The highest BCUT2D eigenvalue weighted by Crippen LogP contribution is 2.09. The van der Waals surface area contributed by atoms with E-state index in [0.717, 1.165) is 5.56 Å². The average Bonchev–Trinajstić information content (AvgIpc) is 2.83. The standard InChI is InChI=1S/C14H14N4O/c1-11-9-16-18(10-11)7-6-14(19)17-13-4-2-12(8-15)3-5-13/h2-5,9-10H,6-7H2,1H3,(H,17,19). The van der Waals surface area contributed by atoms with Crippen LogP contribution in [-0.2, 0) is 11.3 Å². The highest BCUT2D eigenvalue weighted by molar-refractivity contribution is 5.90. The quantitative estimate of drug-likeness (QED) is 0.908. The summed E-state index contributed by atoms with van der Waals surface area (Å²) in [5, 5.41) is 15.6. The smallest absolute Gasteiger partial charge is 0.226 e. The number of hydrogen-bond acceptors (Lipinski definition) is 3. The zero-order chi connectivity index (χ0) is 13.7. The minimum Gasteiger partial charge on any atom is -0.326 e. The van der Waals surface area contributed by atoms with E-state index in [2.05, 4.69) is 10.4 Å². The number of anilines is 1. The molecule has 1 aromatic heterocycles. The first-order valence-corrected chi connectivity index (χ1v) is 5.96. The number of nitrogens with one attached hydrogen (secondary N) is 1. The Morgan fingerprint density at radius 1 is 1.42 bits per heavy atom. The van der Waals surface area contributed by atoms with Gasteiger partial charge >= 0.3 is 0 Å². The minimum absolute atomic E-state index is 0.0714. The molecular weight excluding hydrogens is 240 g/mol. The van der Waals surface area contributed by atoms with E-state index in [-0.39, 0.29) is 5.91 Å². The number of nitriles is 1. The second-order valence-electron chi connectivity index (χ2n) is 4.27. The third-order valence-corrected chi connectivity index (χ3v) is 2.63. The van der Waals surface area contributed by atoms with Gasteiger partial charge < -0.3 is 5.32 Å². The molecule has 0 saturated heterocycles. The van der Waals surface area contributed by atoms with E-state index in [9.17, 15) is 4.79 Å². The van der Waals surface area contributed by atoms with Crippen molar-refractivity contribution < 1.29 is 4.79 Å². The molecule has 0 atom stereocenters. The number of carbonyl (C=O) groups excluding carboxylic acids is 1. The molecule has 0 fully saturated rings. The average molecular weight is 254 g/mol. The Labute approximate surface area is 111 Å². The normalized spacial score (nSPS) is 9.89. The lowest BCUT2D eigenvalue weighted by atomic mass is 10.2. The van der Waals surface area contributed by atoms with E-state index < -0.39 is 0 Å². The summed E-state index contributed by atoms with van der Waals surface area (Å²) in [7, 11) is 0. The highest BCUT2D eigenvalue weighted by atomic mass is 16.1. The molecule has 0 saturated carbocycles. The van der Waals surface area contributed by atoms with Crippen molar-refractivity contribution in [3.05, 3.63) is 47.8 Å². The SMILES string of the molecule is Cc1cnn(CCC(=O)Nc2ccc(C#N)cc2)c1. The van der Waals surface area contributed by atoms with Gasteiger partial charge in [0, 0.05) is 24.8 Å². The molecule has 1 N–H and O–H groups in total. The van der Waals surface area contributed by atoms with E-state index in [1.165, 1.54) is 0 Å². The van der Waals surface area contributed by atoms with Gasteiger partial charge in [-0.2, -0.15) is 10.4 Å². The van der Waals surface area contributed by atoms with Crippen LogP contribution in [0.3, 0.4) is 0 Å². The van der Waals surface area contributed by atoms with Crippen LogP contribution in [0.15, 0.2) is 36.7 Å². The van der Waals surface area contributed by atoms with Crippen LogP contribution < -0.4 is 5.32 Å². The molecule has 0 radical (unpaired) electrons. The maximum atomic E-state index is 11.7. The van der Waals surface area contributed by atoms with Crippen molar-refractivity contribution >= 4 is 11.6 Å². The van der Waals surface area contributed by atoms with Crippen LogP contribution in [-0.4, -0.2) is 15.7 Å². The third kappa shape index (κ3) is 3.68. The molecule has 96 valence electrons. The van der Waals surface area contributed by atoms with Gasteiger partial charge in [-0.15, -0.1) is 0 Å². The van der Waals surface area contributed by atoms with Gasteiger partial charge in [-0.25, -0.2) is 0 Å².